The third kappa shape index (κ3) is 4.53. The SMILES string of the molecule is Cc1ccc(NC(=O)C(CC2CCOCC2)c2ccc3c(c2)N(C)c2ccccc2S3(=O)=O)nn1. The van der Waals surface area contributed by atoms with Crippen LogP contribution in [0, 0.1) is 12.8 Å². The Bertz CT molecular complexity index is 1350. The van der Waals surface area contributed by atoms with E-state index in [0.717, 1.165) is 24.1 Å². The minimum absolute atomic E-state index is 0.184. The highest BCUT2D eigenvalue weighted by atomic mass is 32.2. The van der Waals surface area contributed by atoms with Crippen molar-refractivity contribution in [1.82, 2.24) is 10.2 Å². The molecule has 2 aromatic carbocycles. The minimum atomic E-state index is -3.65. The molecule has 0 bridgehead atoms. The van der Waals surface area contributed by atoms with Crippen LogP contribution in [-0.4, -0.2) is 44.8 Å². The van der Waals surface area contributed by atoms with Crippen LogP contribution in [0.4, 0.5) is 17.2 Å². The maximum Gasteiger partial charge on any atom is 0.233 e. The summed E-state index contributed by atoms with van der Waals surface area (Å²) in [6, 6.07) is 15.7. The van der Waals surface area contributed by atoms with E-state index in [9.17, 15) is 13.2 Å². The maximum atomic E-state index is 13.5. The molecule has 1 unspecified atom stereocenters. The molecule has 3 heterocycles. The van der Waals surface area contributed by atoms with Gasteiger partial charge in [0.15, 0.2) is 5.82 Å². The first-order chi connectivity index (χ1) is 16.8. The van der Waals surface area contributed by atoms with Crippen LogP contribution in [0.1, 0.15) is 36.4 Å². The van der Waals surface area contributed by atoms with Crippen molar-refractivity contribution in [3.05, 3.63) is 65.9 Å². The van der Waals surface area contributed by atoms with Crippen LogP contribution in [0.25, 0.3) is 0 Å². The van der Waals surface area contributed by atoms with Crippen molar-refractivity contribution < 1.29 is 17.9 Å². The van der Waals surface area contributed by atoms with Gasteiger partial charge in [-0.1, -0.05) is 18.2 Å². The van der Waals surface area contributed by atoms with E-state index < -0.39 is 15.8 Å². The van der Waals surface area contributed by atoms with Crippen LogP contribution < -0.4 is 10.2 Å². The molecule has 35 heavy (non-hydrogen) atoms. The number of hydrogen-bond acceptors (Lipinski definition) is 7. The topological polar surface area (TPSA) is 101 Å². The molecule has 0 saturated carbocycles. The number of carbonyl (C=O) groups is 1. The van der Waals surface area contributed by atoms with Gasteiger partial charge in [-0.15, -0.1) is 5.10 Å². The summed E-state index contributed by atoms with van der Waals surface area (Å²) in [4.78, 5) is 15.9. The zero-order valence-electron chi connectivity index (χ0n) is 19.8. The standard InChI is InChI=1S/C26H28N4O4S/c1-17-7-10-25(29-28-17)27-26(31)20(15-18-11-13-34-14-12-18)19-8-9-24-22(16-19)30(2)21-5-3-4-6-23(21)35(24,32)33/h3-10,16,18,20H,11-15H2,1-2H3,(H,27,29,31). The second kappa shape index (κ2) is 9.39. The van der Waals surface area contributed by atoms with Gasteiger partial charge in [0.25, 0.3) is 0 Å². The average Bonchev–Trinajstić information content (AvgIpc) is 2.88. The van der Waals surface area contributed by atoms with Gasteiger partial charge in [0, 0.05) is 20.3 Å². The summed E-state index contributed by atoms with van der Waals surface area (Å²) in [5.41, 5.74) is 2.73. The number of benzene rings is 2. The Labute approximate surface area is 205 Å². The molecule has 1 N–H and O–H groups in total. The maximum absolute atomic E-state index is 13.5. The number of ether oxygens (including phenoxy) is 1. The number of carbonyl (C=O) groups excluding carboxylic acids is 1. The highest BCUT2D eigenvalue weighted by molar-refractivity contribution is 7.92. The van der Waals surface area contributed by atoms with Crippen LogP contribution in [0.5, 0.6) is 0 Å². The monoisotopic (exact) mass is 492 g/mol. The molecule has 5 rings (SSSR count). The number of anilines is 3. The Hall–Kier alpha value is -3.30. The van der Waals surface area contributed by atoms with Gasteiger partial charge in [-0.3, -0.25) is 4.79 Å². The fourth-order valence-electron chi connectivity index (χ4n) is 4.84. The van der Waals surface area contributed by atoms with Gasteiger partial charge in [0.05, 0.1) is 32.8 Å². The third-order valence-electron chi connectivity index (χ3n) is 6.83. The largest absolute Gasteiger partial charge is 0.381 e. The van der Waals surface area contributed by atoms with E-state index in [0.29, 0.717) is 42.7 Å². The molecule has 1 aromatic heterocycles. The Kier molecular flexibility index (Phi) is 6.29. The van der Waals surface area contributed by atoms with Gasteiger partial charge in [-0.25, -0.2) is 8.42 Å². The Morgan fingerprint density at radius 3 is 2.54 bits per heavy atom. The number of nitrogens with one attached hydrogen (secondary N) is 1. The highest BCUT2D eigenvalue weighted by Crippen LogP contribution is 2.44. The predicted molar refractivity (Wildman–Crippen MR) is 133 cm³/mol. The van der Waals surface area contributed by atoms with Crippen LogP contribution in [0.2, 0.25) is 0 Å². The Balaban J connectivity index is 1.52. The zero-order chi connectivity index (χ0) is 24.6. The predicted octanol–water partition coefficient (Wildman–Crippen LogP) is 4.24. The number of amides is 1. The number of hydrogen-bond donors (Lipinski definition) is 1. The van der Waals surface area contributed by atoms with Crippen molar-refractivity contribution >= 4 is 32.9 Å². The first kappa shape index (κ1) is 23.4. The van der Waals surface area contributed by atoms with Crippen LogP contribution in [0.15, 0.2) is 64.4 Å². The Morgan fingerprint density at radius 1 is 1.06 bits per heavy atom. The van der Waals surface area contributed by atoms with Gasteiger partial charge in [-0.05, 0) is 74.1 Å². The summed E-state index contributed by atoms with van der Waals surface area (Å²) in [6.45, 7) is 3.21. The first-order valence-corrected chi connectivity index (χ1v) is 13.2. The van der Waals surface area contributed by atoms with Crippen LogP contribution >= 0.6 is 0 Å². The molecule has 2 aliphatic rings. The van der Waals surface area contributed by atoms with E-state index >= 15 is 0 Å². The molecule has 0 radical (unpaired) electrons. The lowest BCUT2D eigenvalue weighted by Crippen LogP contribution is -2.27. The van der Waals surface area contributed by atoms with E-state index in [2.05, 4.69) is 15.5 Å². The molecular formula is C26H28N4O4S. The second-order valence-corrected chi connectivity index (χ2v) is 11.0. The normalized spacial score (nSPS) is 17.8. The second-order valence-electron chi connectivity index (χ2n) is 9.15. The lowest BCUT2D eigenvalue weighted by atomic mass is 9.84. The molecule has 2 aliphatic heterocycles. The summed E-state index contributed by atoms with van der Waals surface area (Å²) in [6.07, 6.45) is 2.42. The number of aryl methyl sites for hydroxylation is 1. The first-order valence-electron chi connectivity index (χ1n) is 11.8. The number of rotatable bonds is 5. The fourth-order valence-corrected chi connectivity index (χ4v) is 6.53. The number of nitrogens with zero attached hydrogens (tertiary/aromatic N) is 3. The molecule has 0 aliphatic carbocycles. The third-order valence-corrected chi connectivity index (χ3v) is 8.68. The summed E-state index contributed by atoms with van der Waals surface area (Å²) in [7, 11) is -1.80. The van der Waals surface area contributed by atoms with E-state index in [-0.39, 0.29) is 15.7 Å². The fraction of sp³-hybridized carbons (Fsp3) is 0.346. The van der Waals surface area contributed by atoms with Crippen molar-refractivity contribution in [2.24, 2.45) is 5.92 Å². The zero-order valence-corrected chi connectivity index (χ0v) is 20.6. The van der Waals surface area contributed by atoms with Gasteiger partial charge < -0.3 is 15.0 Å². The molecule has 3 aromatic rings. The molecule has 1 atom stereocenters. The van der Waals surface area contributed by atoms with Crippen molar-refractivity contribution in [3.63, 3.8) is 0 Å². The van der Waals surface area contributed by atoms with Crippen molar-refractivity contribution in [2.75, 3.05) is 30.5 Å². The quantitative estimate of drug-likeness (QED) is 0.568. The lowest BCUT2D eigenvalue weighted by Gasteiger charge is -2.31. The van der Waals surface area contributed by atoms with Crippen LogP contribution in [-0.2, 0) is 19.4 Å². The molecule has 9 heteroatoms. The minimum Gasteiger partial charge on any atom is -0.381 e. The number of para-hydroxylation sites is 1. The molecule has 1 saturated heterocycles. The van der Waals surface area contributed by atoms with E-state index in [4.69, 9.17) is 4.74 Å². The average molecular weight is 493 g/mol. The lowest BCUT2D eigenvalue weighted by molar-refractivity contribution is -0.118. The molecule has 1 amide bonds. The molecular weight excluding hydrogens is 464 g/mol. The summed E-state index contributed by atoms with van der Waals surface area (Å²) in [5.74, 6) is 0.0714. The number of fused-ring (bicyclic) bond motifs is 2. The van der Waals surface area contributed by atoms with Crippen molar-refractivity contribution in [2.45, 2.75) is 41.9 Å². The molecule has 182 valence electrons. The molecule has 1 fully saturated rings. The summed E-state index contributed by atoms with van der Waals surface area (Å²) >= 11 is 0. The number of aromatic nitrogens is 2. The van der Waals surface area contributed by atoms with Crippen molar-refractivity contribution in [1.29, 1.82) is 0 Å². The molecule has 0 spiro atoms. The van der Waals surface area contributed by atoms with Gasteiger partial charge >= 0.3 is 0 Å². The van der Waals surface area contributed by atoms with Crippen LogP contribution in [0.3, 0.4) is 0 Å². The summed E-state index contributed by atoms with van der Waals surface area (Å²) in [5, 5.41) is 11.0. The van der Waals surface area contributed by atoms with Gasteiger partial charge in [-0.2, -0.15) is 5.10 Å². The Morgan fingerprint density at radius 2 is 1.80 bits per heavy atom. The highest BCUT2D eigenvalue weighted by Gasteiger charge is 2.34. The van der Waals surface area contributed by atoms with E-state index in [1.165, 1.54) is 0 Å². The smallest absolute Gasteiger partial charge is 0.233 e. The van der Waals surface area contributed by atoms with Gasteiger partial charge in [0.2, 0.25) is 15.7 Å². The van der Waals surface area contributed by atoms with Crippen molar-refractivity contribution in [3.8, 4) is 0 Å². The number of sulfone groups is 1. The van der Waals surface area contributed by atoms with E-state index in [1.54, 1.807) is 42.5 Å². The summed E-state index contributed by atoms with van der Waals surface area (Å²) < 4.78 is 32.1. The van der Waals surface area contributed by atoms with Gasteiger partial charge in [0.1, 0.15) is 0 Å². The molecule has 8 nitrogen and oxygen atoms in total. The van der Waals surface area contributed by atoms with E-state index in [1.807, 2.05) is 31.0 Å².